The third-order valence-electron chi connectivity index (χ3n) is 0.801. The van der Waals surface area contributed by atoms with Gasteiger partial charge in [-0.15, -0.1) is 0 Å². The first-order chi connectivity index (χ1) is 4.31. The average molecular weight is 164 g/mol. The summed E-state index contributed by atoms with van der Waals surface area (Å²) in [5.74, 6) is 0. The third kappa shape index (κ3) is 5.93. The summed E-state index contributed by atoms with van der Waals surface area (Å²) in [5.41, 5.74) is -0.422. The normalized spacial score (nSPS) is 16.2. The Kier molecular flexibility index (Phi) is 6.21. The molecule has 2 N–H and O–H groups in total. The van der Waals surface area contributed by atoms with Crippen LogP contribution >= 0.6 is 0 Å². The van der Waals surface area contributed by atoms with Gasteiger partial charge in [-0.2, -0.15) is 0 Å². The Morgan fingerprint density at radius 1 is 1.78 bits per heavy atom. The molecule has 0 rings (SSSR count). The van der Waals surface area contributed by atoms with E-state index in [4.69, 9.17) is 14.3 Å². The van der Waals surface area contributed by atoms with Crippen molar-refractivity contribution < 1.29 is 14.3 Å². The van der Waals surface area contributed by atoms with Crippen molar-refractivity contribution in [1.29, 1.82) is 0 Å². The molecule has 0 spiro atoms. The highest BCUT2D eigenvalue weighted by molar-refractivity contribution is 6.36. The van der Waals surface area contributed by atoms with E-state index >= 15 is 0 Å². The van der Waals surface area contributed by atoms with E-state index in [0.29, 0.717) is 10.5 Å². The highest BCUT2D eigenvalue weighted by atomic mass is 28.3. The predicted molar refractivity (Wildman–Crippen MR) is 41.8 cm³/mol. The molecule has 0 fully saturated rings. The lowest BCUT2D eigenvalue weighted by Crippen LogP contribution is -2.15. The minimum Gasteiger partial charge on any atom is -0.466 e. The summed E-state index contributed by atoms with van der Waals surface area (Å²) in [6, 6.07) is 0. The minimum atomic E-state index is -0.755. The first kappa shape index (κ1) is 9.05. The third-order valence-corrected chi connectivity index (χ3v) is 2.75. The SMILES string of the molecule is OCC=CC(O)[SiH2]O[SiH3]. The first-order valence-corrected chi connectivity index (χ1v) is 4.96. The van der Waals surface area contributed by atoms with Crippen LogP contribution in [-0.2, 0) is 4.12 Å². The number of rotatable bonds is 4. The van der Waals surface area contributed by atoms with Crippen LogP contribution in [0, 0.1) is 0 Å². The Hall–Kier alpha value is 0.0538. The van der Waals surface area contributed by atoms with E-state index in [1.807, 2.05) is 0 Å². The predicted octanol–water partition coefficient (Wildman–Crippen LogP) is -2.77. The van der Waals surface area contributed by atoms with Gasteiger partial charge in [0.2, 0.25) is 0 Å². The molecule has 0 aliphatic heterocycles. The molecule has 9 heavy (non-hydrogen) atoms. The van der Waals surface area contributed by atoms with E-state index in [9.17, 15) is 0 Å². The molecule has 0 aromatic carbocycles. The van der Waals surface area contributed by atoms with E-state index in [-0.39, 0.29) is 6.61 Å². The lowest BCUT2D eigenvalue weighted by atomic mass is 10.5. The van der Waals surface area contributed by atoms with Gasteiger partial charge in [0, 0.05) is 0 Å². The van der Waals surface area contributed by atoms with Crippen LogP contribution in [0.1, 0.15) is 0 Å². The van der Waals surface area contributed by atoms with Crippen LogP contribution in [0.15, 0.2) is 12.2 Å². The molecule has 0 aliphatic rings. The second-order valence-electron chi connectivity index (χ2n) is 1.63. The van der Waals surface area contributed by atoms with Gasteiger partial charge in [-0.1, -0.05) is 12.2 Å². The molecular weight excluding hydrogens is 152 g/mol. The fourth-order valence-corrected chi connectivity index (χ4v) is 2.11. The standard InChI is InChI=1S/C4H12O3Si2/c5-3-1-2-4(6)9-7-8/h1-2,4-6H,3,9H2,8H3. The molecule has 0 bridgehead atoms. The zero-order chi connectivity index (χ0) is 7.11. The van der Waals surface area contributed by atoms with Gasteiger partial charge in [-0.05, 0) is 0 Å². The fraction of sp³-hybridized carbons (Fsp3) is 0.500. The van der Waals surface area contributed by atoms with Gasteiger partial charge < -0.3 is 14.3 Å². The molecule has 0 radical (unpaired) electrons. The van der Waals surface area contributed by atoms with E-state index in [2.05, 4.69) is 0 Å². The van der Waals surface area contributed by atoms with Crippen LogP contribution in [0.4, 0.5) is 0 Å². The highest BCUT2D eigenvalue weighted by Crippen LogP contribution is 1.81. The van der Waals surface area contributed by atoms with Gasteiger partial charge in [-0.25, -0.2) is 0 Å². The zero-order valence-electron chi connectivity index (χ0n) is 5.45. The lowest BCUT2D eigenvalue weighted by molar-refractivity contribution is 0.283. The topological polar surface area (TPSA) is 49.7 Å². The molecule has 5 heteroatoms. The maximum absolute atomic E-state index is 8.94. The monoisotopic (exact) mass is 164 g/mol. The lowest BCUT2D eigenvalue weighted by Gasteiger charge is -2.00. The Morgan fingerprint density at radius 2 is 2.44 bits per heavy atom. The molecule has 0 heterocycles. The van der Waals surface area contributed by atoms with E-state index < -0.39 is 15.5 Å². The Balaban J connectivity index is 3.25. The summed E-state index contributed by atoms with van der Waals surface area (Å²) in [5, 5.41) is 17.2. The second-order valence-corrected chi connectivity index (χ2v) is 5.11. The zero-order valence-corrected chi connectivity index (χ0v) is 8.86. The summed E-state index contributed by atoms with van der Waals surface area (Å²) in [6.07, 6.45) is 3.10. The van der Waals surface area contributed by atoms with Gasteiger partial charge in [0.25, 0.3) is 0 Å². The molecule has 0 saturated heterocycles. The summed E-state index contributed by atoms with van der Waals surface area (Å²) < 4.78 is 4.90. The van der Waals surface area contributed by atoms with Gasteiger partial charge in [-0.3, -0.25) is 0 Å². The molecule has 54 valence electrons. The summed E-state index contributed by atoms with van der Waals surface area (Å²) in [4.78, 5) is 0. The molecule has 3 nitrogen and oxygen atoms in total. The summed E-state index contributed by atoms with van der Waals surface area (Å²) in [7, 11) is -0.0540. The molecule has 0 aromatic heterocycles. The van der Waals surface area contributed by atoms with Crippen LogP contribution < -0.4 is 0 Å². The van der Waals surface area contributed by atoms with Crippen molar-refractivity contribution >= 4 is 20.2 Å². The quantitative estimate of drug-likeness (QED) is 0.349. The van der Waals surface area contributed by atoms with Gasteiger partial charge in [0.15, 0.2) is 9.76 Å². The maximum Gasteiger partial charge on any atom is 0.180 e. The van der Waals surface area contributed by atoms with Crippen molar-refractivity contribution in [3.05, 3.63) is 12.2 Å². The number of hydrogen-bond acceptors (Lipinski definition) is 3. The largest absolute Gasteiger partial charge is 0.466 e. The van der Waals surface area contributed by atoms with Gasteiger partial charge in [0.1, 0.15) is 10.5 Å². The van der Waals surface area contributed by atoms with E-state index in [0.717, 1.165) is 0 Å². The molecule has 1 unspecified atom stereocenters. The second kappa shape index (κ2) is 6.18. The average Bonchev–Trinajstić information content (AvgIpc) is 1.85. The van der Waals surface area contributed by atoms with E-state index in [1.165, 1.54) is 6.08 Å². The molecule has 0 aliphatic carbocycles. The Morgan fingerprint density at radius 3 is 2.89 bits per heavy atom. The van der Waals surface area contributed by atoms with E-state index in [1.54, 1.807) is 6.08 Å². The van der Waals surface area contributed by atoms with Crippen molar-refractivity contribution in [3.63, 3.8) is 0 Å². The number of hydrogen-bond donors (Lipinski definition) is 2. The number of aliphatic hydroxyl groups is 2. The number of aliphatic hydroxyl groups excluding tert-OH is 2. The molecular formula is C4H12O3Si2. The Bertz CT molecular complexity index is 85.9. The van der Waals surface area contributed by atoms with Crippen LogP contribution in [0.5, 0.6) is 0 Å². The van der Waals surface area contributed by atoms with Crippen LogP contribution in [0.3, 0.4) is 0 Å². The fourth-order valence-electron chi connectivity index (χ4n) is 0.444. The van der Waals surface area contributed by atoms with Crippen molar-refractivity contribution in [2.45, 2.75) is 5.73 Å². The van der Waals surface area contributed by atoms with Crippen LogP contribution in [-0.4, -0.2) is 42.8 Å². The smallest absolute Gasteiger partial charge is 0.180 e. The van der Waals surface area contributed by atoms with Gasteiger partial charge in [0.05, 0.1) is 12.3 Å². The summed E-state index contributed by atoms with van der Waals surface area (Å²) in [6.45, 7) is -0.00734. The molecule has 1 atom stereocenters. The van der Waals surface area contributed by atoms with Crippen molar-refractivity contribution in [1.82, 2.24) is 0 Å². The molecule has 0 aromatic rings. The van der Waals surface area contributed by atoms with Crippen molar-refractivity contribution in [2.24, 2.45) is 0 Å². The van der Waals surface area contributed by atoms with Gasteiger partial charge >= 0.3 is 0 Å². The first-order valence-electron chi connectivity index (χ1n) is 2.75. The van der Waals surface area contributed by atoms with Crippen LogP contribution in [0.25, 0.3) is 0 Å². The van der Waals surface area contributed by atoms with Crippen LogP contribution in [0.2, 0.25) is 0 Å². The molecule has 0 saturated carbocycles. The Labute approximate surface area is 59.8 Å². The maximum atomic E-state index is 8.94. The van der Waals surface area contributed by atoms with Crippen molar-refractivity contribution in [2.75, 3.05) is 6.61 Å². The highest BCUT2D eigenvalue weighted by Gasteiger charge is 1.95. The van der Waals surface area contributed by atoms with Crippen molar-refractivity contribution in [3.8, 4) is 0 Å². The summed E-state index contributed by atoms with van der Waals surface area (Å²) >= 11 is 0. The molecule has 0 amide bonds. The minimum absolute atomic E-state index is 0.00734.